The van der Waals surface area contributed by atoms with Crippen molar-refractivity contribution < 1.29 is 38.2 Å². The highest BCUT2D eigenvalue weighted by Crippen LogP contribution is 2.25. The molecule has 0 fully saturated rings. The maximum atomic E-state index is 13.0. The third-order valence-corrected chi connectivity index (χ3v) is 6.20. The molecule has 0 bridgehead atoms. The number of hydrogen-bond donors (Lipinski definition) is 2. The van der Waals surface area contributed by atoms with Gasteiger partial charge in [-0.15, -0.1) is 15.3 Å². The van der Waals surface area contributed by atoms with Crippen molar-refractivity contribution in [1.29, 1.82) is 0 Å². The highest BCUT2D eigenvalue weighted by Gasteiger charge is 2.40. The topological polar surface area (TPSA) is 158 Å². The first-order chi connectivity index (χ1) is 21.7. The number of rotatable bonds is 12. The van der Waals surface area contributed by atoms with Gasteiger partial charge in [0.1, 0.15) is 29.4 Å². The van der Waals surface area contributed by atoms with Gasteiger partial charge in [0.25, 0.3) is 11.8 Å². The lowest BCUT2D eigenvalue weighted by atomic mass is 10.1. The molecule has 0 saturated heterocycles. The number of benzene rings is 2. The van der Waals surface area contributed by atoms with E-state index in [2.05, 4.69) is 20.8 Å². The predicted octanol–water partition coefficient (Wildman–Crippen LogP) is 4.79. The summed E-state index contributed by atoms with van der Waals surface area (Å²) in [6.45, 7) is 11.2. The van der Waals surface area contributed by atoms with Crippen molar-refractivity contribution in [2.45, 2.75) is 65.3 Å². The summed E-state index contributed by atoms with van der Waals surface area (Å²) >= 11 is 0. The SMILES string of the molecule is CC(C)(C)OC(=O)NCCCNc1ccc(-c2ccc(OC[C@@H](ON3C(=O)c4ccccc4C3=O)C(=O)OC(C)(C)C)cc2)nn1. The molecule has 46 heavy (non-hydrogen) atoms. The fourth-order valence-electron chi connectivity index (χ4n) is 4.18. The molecule has 13 heteroatoms. The van der Waals surface area contributed by atoms with E-state index in [-0.39, 0.29) is 17.7 Å². The van der Waals surface area contributed by atoms with Crippen molar-refractivity contribution in [3.05, 3.63) is 71.8 Å². The Kier molecular flexibility index (Phi) is 10.6. The first-order valence-corrected chi connectivity index (χ1v) is 14.9. The average Bonchev–Trinajstić information content (AvgIpc) is 3.22. The van der Waals surface area contributed by atoms with Crippen molar-refractivity contribution in [3.63, 3.8) is 0 Å². The maximum Gasteiger partial charge on any atom is 0.407 e. The molecule has 3 amide bonds. The van der Waals surface area contributed by atoms with E-state index in [1.54, 1.807) is 63.2 Å². The zero-order valence-corrected chi connectivity index (χ0v) is 26.8. The van der Waals surface area contributed by atoms with Crippen LogP contribution in [0.2, 0.25) is 0 Å². The molecular weight excluding hydrogens is 594 g/mol. The van der Waals surface area contributed by atoms with Crippen LogP contribution in [0, 0.1) is 0 Å². The number of hydroxylamine groups is 2. The number of ether oxygens (including phenoxy) is 3. The number of amides is 3. The Bertz CT molecular complexity index is 1510. The average molecular weight is 634 g/mol. The lowest BCUT2D eigenvalue weighted by Gasteiger charge is -2.26. The molecule has 2 aromatic carbocycles. The number of nitrogens with zero attached hydrogens (tertiary/aromatic N) is 3. The monoisotopic (exact) mass is 633 g/mol. The van der Waals surface area contributed by atoms with Gasteiger partial charge >= 0.3 is 12.1 Å². The summed E-state index contributed by atoms with van der Waals surface area (Å²) in [5.74, 6) is -1.13. The summed E-state index contributed by atoms with van der Waals surface area (Å²) in [5, 5.41) is 14.9. The fraction of sp³-hybridized carbons (Fsp3) is 0.394. The Morgan fingerprint density at radius 3 is 2.00 bits per heavy atom. The first kappa shape index (κ1) is 33.8. The van der Waals surface area contributed by atoms with Gasteiger partial charge in [-0.25, -0.2) is 14.4 Å². The van der Waals surface area contributed by atoms with Crippen LogP contribution in [-0.4, -0.2) is 76.1 Å². The molecule has 4 rings (SSSR count). The number of imide groups is 1. The van der Waals surface area contributed by atoms with Crippen LogP contribution in [0.1, 0.15) is 68.7 Å². The van der Waals surface area contributed by atoms with Crippen LogP contribution in [0.15, 0.2) is 60.7 Å². The number of esters is 1. The number of aromatic nitrogens is 2. The van der Waals surface area contributed by atoms with E-state index in [0.29, 0.717) is 41.8 Å². The molecule has 13 nitrogen and oxygen atoms in total. The third kappa shape index (κ3) is 9.48. The number of carbonyl (C=O) groups excluding carboxylic acids is 4. The largest absolute Gasteiger partial charge is 0.490 e. The molecule has 0 unspecified atom stereocenters. The van der Waals surface area contributed by atoms with Gasteiger partial charge in [-0.2, -0.15) is 0 Å². The smallest absolute Gasteiger partial charge is 0.407 e. The number of carbonyl (C=O) groups is 4. The Morgan fingerprint density at radius 1 is 0.804 bits per heavy atom. The molecule has 0 saturated carbocycles. The highest BCUT2D eigenvalue weighted by molar-refractivity contribution is 6.20. The highest BCUT2D eigenvalue weighted by atomic mass is 16.7. The normalized spacial score (nSPS) is 13.6. The van der Waals surface area contributed by atoms with E-state index in [1.807, 2.05) is 26.8 Å². The standard InChI is InChI=1S/C33H39N5O8/c1-32(2,3)44-30(41)26(46-38-28(39)23-10-7-8-11-24(23)29(38)40)20-43-22-14-12-21(13-15-22)25-16-17-27(37-36-25)34-18-9-19-35-31(42)45-33(4,5)6/h7-8,10-17,26H,9,18-20H2,1-6H3,(H,34,37)(H,35,42)/t26-/m1/s1. The number of hydrogen-bond acceptors (Lipinski definition) is 11. The van der Waals surface area contributed by atoms with E-state index in [4.69, 9.17) is 19.0 Å². The summed E-state index contributed by atoms with van der Waals surface area (Å²) in [6, 6.07) is 16.9. The molecule has 0 spiro atoms. The quantitative estimate of drug-likeness (QED) is 0.161. The lowest BCUT2D eigenvalue weighted by Crippen LogP contribution is -2.43. The Hall–Kier alpha value is -5.04. The van der Waals surface area contributed by atoms with E-state index in [1.165, 1.54) is 12.1 Å². The molecule has 0 aliphatic carbocycles. The van der Waals surface area contributed by atoms with Crippen LogP contribution in [-0.2, 0) is 19.1 Å². The van der Waals surface area contributed by atoms with E-state index in [9.17, 15) is 19.2 Å². The molecule has 1 aliphatic rings. The molecule has 244 valence electrons. The molecule has 2 heterocycles. The van der Waals surface area contributed by atoms with Gasteiger partial charge in [-0.1, -0.05) is 12.1 Å². The molecular formula is C33H39N5O8. The van der Waals surface area contributed by atoms with Crippen molar-refractivity contribution >= 4 is 29.7 Å². The van der Waals surface area contributed by atoms with Gasteiger partial charge in [0.2, 0.25) is 6.10 Å². The van der Waals surface area contributed by atoms with Gasteiger partial charge in [0.05, 0.1) is 16.8 Å². The van der Waals surface area contributed by atoms with E-state index < -0.39 is 41.2 Å². The zero-order valence-electron chi connectivity index (χ0n) is 26.8. The van der Waals surface area contributed by atoms with Gasteiger partial charge in [-0.05, 0) is 96.5 Å². The predicted molar refractivity (Wildman–Crippen MR) is 168 cm³/mol. The molecule has 1 aromatic heterocycles. The minimum Gasteiger partial charge on any atom is -0.490 e. The minimum atomic E-state index is -1.40. The second-order valence-electron chi connectivity index (χ2n) is 12.4. The number of alkyl carbamates (subject to hydrolysis) is 1. The van der Waals surface area contributed by atoms with Gasteiger partial charge in [0.15, 0.2) is 0 Å². The summed E-state index contributed by atoms with van der Waals surface area (Å²) in [6.07, 6.45) is -1.19. The van der Waals surface area contributed by atoms with Crippen LogP contribution < -0.4 is 15.4 Å². The van der Waals surface area contributed by atoms with Crippen molar-refractivity contribution in [2.24, 2.45) is 0 Å². The second-order valence-corrected chi connectivity index (χ2v) is 12.4. The number of nitrogens with one attached hydrogen (secondary N) is 2. The van der Waals surface area contributed by atoms with Crippen molar-refractivity contribution in [3.8, 4) is 17.0 Å². The molecule has 1 atom stereocenters. The van der Waals surface area contributed by atoms with Crippen LogP contribution in [0.3, 0.4) is 0 Å². The van der Waals surface area contributed by atoms with Crippen LogP contribution in [0.25, 0.3) is 11.3 Å². The lowest BCUT2D eigenvalue weighted by molar-refractivity contribution is -0.193. The second kappa shape index (κ2) is 14.4. The Morgan fingerprint density at radius 2 is 1.43 bits per heavy atom. The molecule has 2 N–H and O–H groups in total. The number of fused-ring (bicyclic) bond motifs is 1. The Labute approximate surface area is 267 Å². The molecule has 3 aromatic rings. The number of anilines is 1. The Balaban J connectivity index is 1.31. The van der Waals surface area contributed by atoms with Gasteiger partial charge in [-0.3, -0.25) is 9.59 Å². The molecule has 1 aliphatic heterocycles. The van der Waals surface area contributed by atoms with Crippen LogP contribution in [0.4, 0.5) is 10.6 Å². The third-order valence-electron chi connectivity index (χ3n) is 6.20. The van der Waals surface area contributed by atoms with Gasteiger partial charge < -0.3 is 24.8 Å². The summed E-state index contributed by atoms with van der Waals surface area (Å²) in [7, 11) is 0. The first-order valence-electron chi connectivity index (χ1n) is 14.9. The van der Waals surface area contributed by atoms with Crippen molar-refractivity contribution in [1.82, 2.24) is 20.6 Å². The zero-order chi connectivity index (χ0) is 33.5. The van der Waals surface area contributed by atoms with Crippen LogP contribution >= 0.6 is 0 Å². The molecule has 0 radical (unpaired) electrons. The van der Waals surface area contributed by atoms with E-state index in [0.717, 1.165) is 5.56 Å². The van der Waals surface area contributed by atoms with Crippen molar-refractivity contribution in [2.75, 3.05) is 25.0 Å². The van der Waals surface area contributed by atoms with E-state index >= 15 is 0 Å². The maximum absolute atomic E-state index is 13.0. The fourth-order valence-corrected chi connectivity index (χ4v) is 4.18. The summed E-state index contributed by atoms with van der Waals surface area (Å²) < 4.78 is 16.5. The van der Waals surface area contributed by atoms with Crippen LogP contribution in [0.5, 0.6) is 5.75 Å². The summed E-state index contributed by atoms with van der Waals surface area (Å²) in [5.41, 5.74) is 0.397. The minimum absolute atomic E-state index is 0.187. The summed E-state index contributed by atoms with van der Waals surface area (Å²) in [4.78, 5) is 55.9. The van der Waals surface area contributed by atoms with Gasteiger partial charge in [0, 0.05) is 18.7 Å².